The van der Waals surface area contributed by atoms with Gasteiger partial charge in [-0.3, -0.25) is 4.98 Å². The number of hydrogen-bond acceptors (Lipinski definition) is 4. The summed E-state index contributed by atoms with van der Waals surface area (Å²) >= 11 is 5.02. The van der Waals surface area contributed by atoms with Crippen LogP contribution in [-0.2, 0) is 12.6 Å². The lowest BCUT2D eigenvalue weighted by atomic mass is 10.1. The third-order valence-corrected chi connectivity index (χ3v) is 2.31. The molecule has 0 unspecified atom stereocenters. The Morgan fingerprint density at radius 1 is 1.53 bits per heavy atom. The Kier molecular flexibility index (Phi) is 2.40. The number of aryl methyl sites for hydroxylation is 1. The molecule has 0 aliphatic heterocycles. The van der Waals surface area contributed by atoms with Crippen molar-refractivity contribution in [3.8, 4) is 17.4 Å². The van der Waals surface area contributed by atoms with Crippen molar-refractivity contribution in [1.29, 1.82) is 5.26 Å². The predicted molar refractivity (Wildman–Crippen MR) is 57.0 cm³/mol. The maximum atomic E-state index is 8.99. The molecule has 15 heavy (non-hydrogen) atoms. The summed E-state index contributed by atoms with van der Waals surface area (Å²) in [5, 5.41) is 9.31. The van der Waals surface area contributed by atoms with E-state index in [0.29, 0.717) is 21.9 Å². The highest BCUT2D eigenvalue weighted by Gasteiger charge is 2.08. The van der Waals surface area contributed by atoms with Crippen molar-refractivity contribution >= 4 is 12.6 Å². The molecule has 0 aromatic carbocycles. The average Bonchev–Trinajstić information content (AvgIpc) is 2.69. The van der Waals surface area contributed by atoms with E-state index < -0.39 is 0 Å². The largest absolute Gasteiger partial charge is 0.759 e. The van der Waals surface area contributed by atoms with Gasteiger partial charge in [0.15, 0.2) is 0 Å². The maximum absolute atomic E-state index is 8.99. The van der Waals surface area contributed by atoms with Crippen LogP contribution in [0.3, 0.4) is 0 Å². The molecule has 4 heteroatoms. The molecule has 74 valence electrons. The second-order valence-electron chi connectivity index (χ2n) is 3.08. The highest BCUT2D eigenvalue weighted by molar-refractivity contribution is 7.58. The molecule has 0 saturated heterocycles. The number of rotatable bonds is 1. The number of hydrogen-bond donors (Lipinski definition) is 0. The summed E-state index contributed by atoms with van der Waals surface area (Å²) in [6.07, 6.45) is 1.56. The Hall–Kier alpha value is -1.86. The fraction of sp³-hybridized carbons (Fsp3) is 0.0909. The molecule has 0 aliphatic rings. The van der Waals surface area contributed by atoms with Gasteiger partial charge in [0.1, 0.15) is 5.76 Å². The summed E-state index contributed by atoms with van der Waals surface area (Å²) < 4.78 is 5.25. The van der Waals surface area contributed by atoms with Crippen molar-refractivity contribution in [2.45, 2.75) is 11.9 Å². The van der Waals surface area contributed by atoms with Crippen molar-refractivity contribution in [2.75, 3.05) is 0 Å². The number of pyridine rings is 1. The highest BCUT2D eigenvalue weighted by Crippen LogP contribution is 2.26. The van der Waals surface area contributed by atoms with Gasteiger partial charge in [-0.05, 0) is 25.1 Å². The maximum Gasteiger partial charge on any atom is 0.135 e. The first-order valence-corrected chi connectivity index (χ1v) is 4.76. The van der Waals surface area contributed by atoms with E-state index in [2.05, 4.69) is 11.1 Å². The van der Waals surface area contributed by atoms with Gasteiger partial charge >= 0.3 is 0 Å². The van der Waals surface area contributed by atoms with Gasteiger partial charge < -0.3 is 17.0 Å². The topological polar surface area (TPSA) is 49.8 Å². The quantitative estimate of drug-likeness (QED) is 0.685. The third-order valence-electron chi connectivity index (χ3n) is 2.01. The summed E-state index contributed by atoms with van der Waals surface area (Å²) in [5.74, 6) is 0.642. The van der Waals surface area contributed by atoms with Crippen molar-refractivity contribution in [1.82, 2.24) is 4.98 Å². The molecule has 2 heterocycles. The van der Waals surface area contributed by atoms with Crippen LogP contribution < -0.4 is 0 Å². The molecule has 0 bridgehead atoms. The summed E-state index contributed by atoms with van der Waals surface area (Å²) in [4.78, 5) is 4.07. The zero-order chi connectivity index (χ0) is 10.8. The normalized spacial score (nSPS) is 9.87. The summed E-state index contributed by atoms with van der Waals surface area (Å²) in [6.45, 7) is 1.84. The second kappa shape index (κ2) is 3.71. The summed E-state index contributed by atoms with van der Waals surface area (Å²) in [7, 11) is 0. The fourth-order valence-electron chi connectivity index (χ4n) is 1.38. The molecule has 0 N–H and O–H groups in total. The Balaban J connectivity index is 2.71. The molecule has 0 atom stereocenters. The van der Waals surface area contributed by atoms with E-state index in [4.69, 9.17) is 22.3 Å². The van der Waals surface area contributed by atoms with Crippen LogP contribution >= 0.6 is 0 Å². The first-order chi connectivity index (χ1) is 7.22. The predicted octanol–water partition coefficient (Wildman–Crippen LogP) is 2.43. The van der Waals surface area contributed by atoms with Gasteiger partial charge in [-0.2, -0.15) is 5.26 Å². The van der Waals surface area contributed by atoms with E-state index in [1.54, 1.807) is 24.5 Å². The Labute approximate surface area is 92.8 Å². The molecule has 2 rings (SSSR count). The van der Waals surface area contributed by atoms with Crippen LogP contribution in [0.2, 0.25) is 0 Å². The standard InChI is InChI=1S/C11H8N2OS/c1-7-5-8(10-3-2-4-14-10)9(6-12)11(15)13-7/h2-5H,1H3,(H,13,15)/p-1. The van der Waals surface area contributed by atoms with Gasteiger partial charge in [-0.15, -0.1) is 0 Å². The molecule has 0 amide bonds. The van der Waals surface area contributed by atoms with Crippen LogP contribution in [0.1, 0.15) is 11.3 Å². The smallest absolute Gasteiger partial charge is 0.135 e. The molecule has 3 nitrogen and oxygen atoms in total. The Bertz CT molecular complexity index is 526. The molecule has 0 radical (unpaired) electrons. The van der Waals surface area contributed by atoms with Gasteiger partial charge in [0.2, 0.25) is 0 Å². The van der Waals surface area contributed by atoms with E-state index in [0.717, 1.165) is 5.69 Å². The second-order valence-corrected chi connectivity index (χ2v) is 3.47. The van der Waals surface area contributed by atoms with Crippen molar-refractivity contribution in [3.05, 3.63) is 35.7 Å². The lowest BCUT2D eigenvalue weighted by molar-refractivity contribution is 0.581. The first-order valence-electron chi connectivity index (χ1n) is 4.35. The van der Waals surface area contributed by atoms with Crippen LogP contribution in [0.15, 0.2) is 33.9 Å². The van der Waals surface area contributed by atoms with E-state index >= 15 is 0 Å². The van der Waals surface area contributed by atoms with Gasteiger partial charge in [0, 0.05) is 11.3 Å². The van der Waals surface area contributed by atoms with Crippen molar-refractivity contribution < 1.29 is 4.42 Å². The van der Waals surface area contributed by atoms with Crippen molar-refractivity contribution in [2.24, 2.45) is 0 Å². The highest BCUT2D eigenvalue weighted by atomic mass is 32.1. The first kappa shape index (κ1) is 9.69. The fourth-order valence-corrected chi connectivity index (χ4v) is 1.68. The molecule has 0 aliphatic carbocycles. The van der Waals surface area contributed by atoms with Crippen molar-refractivity contribution in [3.63, 3.8) is 0 Å². The van der Waals surface area contributed by atoms with Gasteiger partial charge in [-0.1, -0.05) is 5.03 Å². The number of nitrogens with zero attached hydrogens (tertiary/aromatic N) is 2. The van der Waals surface area contributed by atoms with Crippen LogP contribution in [0.25, 0.3) is 11.3 Å². The Morgan fingerprint density at radius 2 is 2.33 bits per heavy atom. The van der Waals surface area contributed by atoms with Crippen LogP contribution in [-0.4, -0.2) is 4.98 Å². The Morgan fingerprint density at radius 3 is 2.93 bits per heavy atom. The van der Waals surface area contributed by atoms with E-state index in [9.17, 15) is 0 Å². The summed E-state index contributed by atoms with van der Waals surface area (Å²) in [5.41, 5.74) is 1.89. The van der Waals surface area contributed by atoms with Crippen LogP contribution in [0.5, 0.6) is 0 Å². The van der Waals surface area contributed by atoms with Crippen LogP contribution in [0.4, 0.5) is 0 Å². The molecule has 0 saturated carbocycles. The van der Waals surface area contributed by atoms with Crippen LogP contribution in [0, 0.1) is 18.3 Å². The lowest BCUT2D eigenvalue weighted by Crippen LogP contribution is -1.93. The number of nitriles is 1. The molecule has 0 fully saturated rings. The van der Waals surface area contributed by atoms with E-state index in [-0.39, 0.29) is 0 Å². The molecular formula is C11H7N2OS-. The number of aromatic nitrogens is 1. The molecule has 0 spiro atoms. The monoisotopic (exact) mass is 215 g/mol. The molecule has 2 aromatic rings. The summed E-state index contributed by atoms with van der Waals surface area (Å²) in [6, 6.07) is 7.42. The van der Waals surface area contributed by atoms with Gasteiger partial charge in [0.05, 0.1) is 17.9 Å². The van der Waals surface area contributed by atoms with E-state index in [1.165, 1.54) is 0 Å². The minimum atomic E-state index is 0.323. The lowest BCUT2D eigenvalue weighted by Gasteiger charge is -2.11. The van der Waals surface area contributed by atoms with Gasteiger partial charge in [-0.25, -0.2) is 0 Å². The minimum Gasteiger partial charge on any atom is -0.759 e. The average molecular weight is 215 g/mol. The molecule has 2 aromatic heterocycles. The SMILES string of the molecule is Cc1cc(-c2ccco2)c(C#N)c([S-])n1. The minimum absolute atomic E-state index is 0.323. The number of furan rings is 1. The van der Waals surface area contributed by atoms with Gasteiger partial charge in [0.25, 0.3) is 0 Å². The zero-order valence-electron chi connectivity index (χ0n) is 8.02. The third kappa shape index (κ3) is 1.69. The molecular weight excluding hydrogens is 208 g/mol. The van der Waals surface area contributed by atoms with E-state index in [1.807, 2.05) is 6.92 Å². The zero-order valence-corrected chi connectivity index (χ0v) is 8.84.